The molecule has 0 saturated heterocycles. The molecule has 2 heterocycles. The van der Waals surface area contributed by atoms with E-state index in [4.69, 9.17) is 11.6 Å². The second-order valence-corrected chi connectivity index (χ2v) is 4.71. The lowest BCUT2D eigenvalue weighted by atomic mass is 10.1. The number of aromatic nitrogens is 4. The van der Waals surface area contributed by atoms with Gasteiger partial charge < -0.3 is 4.74 Å². The van der Waals surface area contributed by atoms with Gasteiger partial charge in [0, 0.05) is 16.8 Å². The Hall–Kier alpha value is -2.47. The van der Waals surface area contributed by atoms with Crippen LogP contribution in [0.4, 0.5) is 0 Å². The fourth-order valence-corrected chi connectivity index (χ4v) is 2.22. The molecule has 7 heteroatoms. The summed E-state index contributed by atoms with van der Waals surface area (Å²) in [7, 11) is 1.32. The van der Waals surface area contributed by atoms with Gasteiger partial charge >= 0.3 is 5.97 Å². The van der Waals surface area contributed by atoms with E-state index in [1.165, 1.54) is 7.11 Å². The number of hydrogen-bond donors (Lipinski definition) is 0. The van der Waals surface area contributed by atoms with Crippen molar-refractivity contribution in [3.63, 3.8) is 0 Å². The third-order valence-electron chi connectivity index (χ3n) is 2.96. The van der Waals surface area contributed by atoms with E-state index >= 15 is 0 Å². The zero-order valence-corrected chi connectivity index (χ0v) is 11.9. The van der Waals surface area contributed by atoms with Crippen molar-refractivity contribution < 1.29 is 9.53 Å². The fourth-order valence-electron chi connectivity index (χ4n) is 1.98. The van der Waals surface area contributed by atoms with E-state index in [0.717, 1.165) is 11.3 Å². The van der Waals surface area contributed by atoms with Gasteiger partial charge in [-0.1, -0.05) is 29.8 Å². The van der Waals surface area contributed by atoms with Crippen LogP contribution in [0.3, 0.4) is 0 Å². The van der Waals surface area contributed by atoms with Gasteiger partial charge in [0.25, 0.3) is 5.78 Å². The van der Waals surface area contributed by atoms with Crippen LogP contribution in [0, 0.1) is 0 Å². The van der Waals surface area contributed by atoms with Gasteiger partial charge in [0.15, 0.2) is 5.82 Å². The topological polar surface area (TPSA) is 69.4 Å². The molecule has 0 atom stereocenters. The lowest BCUT2D eigenvalue weighted by molar-refractivity contribution is -0.139. The summed E-state index contributed by atoms with van der Waals surface area (Å²) in [6.45, 7) is 0. The van der Waals surface area contributed by atoms with Gasteiger partial charge in [0.2, 0.25) is 0 Å². The molecule has 0 aliphatic carbocycles. The highest BCUT2D eigenvalue weighted by molar-refractivity contribution is 6.33. The molecule has 0 N–H and O–H groups in total. The van der Waals surface area contributed by atoms with Gasteiger partial charge in [-0.2, -0.15) is 9.50 Å². The maximum atomic E-state index is 11.3. The van der Waals surface area contributed by atoms with E-state index in [9.17, 15) is 4.79 Å². The normalized spacial score (nSPS) is 10.8. The van der Waals surface area contributed by atoms with Crippen molar-refractivity contribution in [2.75, 3.05) is 7.11 Å². The third-order valence-corrected chi connectivity index (χ3v) is 3.29. The Labute approximate surface area is 125 Å². The van der Waals surface area contributed by atoms with Crippen LogP contribution in [0.25, 0.3) is 17.0 Å². The number of hydrogen-bond acceptors (Lipinski definition) is 5. The van der Waals surface area contributed by atoms with Crippen LogP contribution in [0.2, 0.25) is 5.02 Å². The average Bonchev–Trinajstić information content (AvgIpc) is 2.90. The molecule has 0 fully saturated rings. The van der Waals surface area contributed by atoms with Gasteiger partial charge in [0.05, 0.1) is 12.8 Å². The highest BCUT2D eigenvalue weighted by Gasteiger charge is 2.14. The Morgan fingerprint density at radius 1 is 1.33 bits per heavy atom. The van der Waals surface area contributed by atoms with Crippen LogP contribution in [0.1, 0.15) is 5.82 Å². The van der Waals surface area contributed by atoms with Gasteiger partial charge in [0.1, 0.15) is 6.42 Å². The maximum absolute atomic E-state index is 11.3. The Morgan fingerprint density at radius 3 is 2.90 bits per heavy atom. The summed E-state index contributed by atoms with van der Waals surface area (Å²) < 4.78 is 6.18. The van der Waals surface area contributed by atoms with Crippen molar-refractivity contribution >= 4 is 23.3 Å². The molecule has 6 nitrogen and oxygen atoms in total. The lowest BCUT2D eigenvalue weighted by Gasteiger charge is -2.05. The predicted octanol–water partition coefficient (Wildman–Crippen LogP) is 2.16. The minimum Gasteiger partial charge on any atom is -0.469 e. The number of esters is 1. The highest BCUT2D eigenvalue weighted by atomic mass is 35.5. The highest BCUT2D eigenvalue weighted by Crippen LogP contribution is 2.26. The van der Waals surface area contributed by atoms with Crippen LogP contribution in [0.5, 0.6) is 0 Å². The monoisotopic (exact) mass is 302 g/mol. The Balaban J connectivity index is 2.12. The molecule has 106 valence electrons. The van der Waals surface area contributed by atoms with Gasteiger partial charge in [-0.05, 0) is 12.1 Å². The van der Waals surface area contributed by atoms with E-state index in [0.29, 0.717) is 16.6 Å². The van der Waals surface area contributed by atoms with Crippen LogP contribution in [0.15, 0.2) is 36.5 Å². The van der Waals surface area contributed by atoms with Gasteiger partial charge in [-0.15, -0.1) is 5.10 Å². The average molecular weight is 303 g/mol. The number of carbonyl (C=O) groups is 1. The summed E-state index contributed by atoms with van der Waals surface area (Å²) in [4.78, 5) is 19.7. The summed E-state index contributed by atoms with van der Waals surface area (Å²) in [5.74, 6) is 0.366. The number of ether oxygens (including phenoxy) is 1. The van der Waals surface area contributed by atoms with E-state index in [1.54, 1.807) is 22.8 Å². The summed E-state index contributed by atoms with van der Waals surface area (Å²) in [5, 5.41) is 4.91. The first kappa shape index (κ1) is 13.5. The molecular formula is C14H11ClN4O2. The summed E-state index contributed by atoms with van der Waals surface area (Å²) in [6, 6.07) is 9.23. The van der Waals surface area contributed by atoms with Crippen LogP contribution in [-0.4, -0.2) is 32.7 Å². The number of carbonyl (C=O) groups excluding carboxylic acids is 1. The molecule has 3 rings (SSSR count). The summed E-state index contributed by atoms with van der Waals surface area (Å²) in [6.07, 6.45) is 1.63. The van der Waals surface area contributed by atoms with E-state index in [1.807, 2.05) is 18.2 Å². The summed E-state index contributed by atoms with van der Waals surface area (Å²) >= 11 is 6.22. The largest absolute Gasteiger partial charge is 0.469 e. The Kier molecular flexibility index (Phi) is 3.53. The molecular weight excluding hydrogens is 292 g/mol. The van der Waals surface area contributed by atoms with E-state index < -0.39 is 5.97 Å². The maximum Gasteiger partial charge on any atom is 0.313 e. The zero-order valence-electron chi connectivity index (χ0n) is 11.2. The van der Waals surface area contributed by atoms with E-state index in [2.05, 4.69) is 19.8 Å². The molecule has 1 aromatic carbocycles. The summed E-state index contributed by atoms with van der Waals surface area (Å²) in [5.41, 5.74) is 1.58. The predicted molar refractivity (Wildman–Crippen MR) is 76.9 cm³/mol. The van der Waals surface area contributed by atoms with Crippen LogP contribution < -0.4 is 0 Å². The van der Waals surface area contributed by atoms with Crippen molar-refractivity contribution in [3.05, 3.63) is 47.4 Å². The first-order valence-electron chi connectivity index (χ1n) is 6.21. The Bertz CT molecular complexity index is 816. The Morgan fingerprint density at radius 2 is 2.14 bits per heavy atom. The molecule has 3 aromatic rings. The zero-order chi connectivity index (χ0) is 14.8. The van der Waals surface area contributed by atoms with Crippen LogP contribution in [-0.2, 0) is 16.0 Å². The lowest BCUT2D eigenvalue weighted by Crippen LogP contribution is -2.06. The minimum atomic E-state index is -0.398. The number of nitrogens with zero attached hydrogens (tertiary/aromatic N) is 4. The molecule has 0 amide bonds. The fraction of sp³-hybridized carbons (Fsp3) is 0.143. The second kappa shape index (κ2) is 5.49. The van der Waals surface area contributed by atoms with Crippen molar-refractivity contribution in [1.82, 2.24) is 19.6 Å². The molecule has 0 aliphatic heterocycles. The van der Waals surface area contributed by atoms with Gasteiger partial charge in [-0.3, -0.25) is 4.79 Å². The van der Waals surface area contributed by atoms with Crippen molar-refractivity contribution in [3.8, 4) is 11.3 Å². The number of methoxy groups -OCH3 is 1. The molecule has 0 unspecified atom stereocenters. The molecule has 0 radical (unpaired) electrons. The first-order chi connectivity index (χ1) is 10.2. The smallest absolute Gasteiger partial charge is 0.313 e. The molecule has 0 aliphatic rings. The van der Waals surface area contributed by atoms with E-state index in [-0.39, 0.29) is 6.42 Å². The van der Waals surface area contributed by atoms with Crippen LogP contribution >= 0.6 is 11.6 Å². The first-order valence-corrected chi connectivity index (χ1v) is 6.59. The molecule has 21 heavy (non-hydrogen) atoms. The molecule has 0 spiro atoms. The molecule has 0 saturated carbocycles. The molecule has 0 bridgehead atoms. The standard InChI is InChI=1S/C14H11ClN4O2/c1-21-13(20)8-12-17-14-16-7-6-11(19(14)18-12)9-4-2-3-5-10(9)15/h2-7H,8H2,1H3. The number of benzene rings is 1. The third kappa shape index (κ3) is 2.57. The van der Waals surface area contributed by atoms with Crippen molar-refractivity contribution in [1.29, 1.82) is 0 Å². The number of halogens is 1. The van der Waals surface area contributed by atoms with Crippen molar-refractivity contribution in [2.24, 2.45) is 0 Å². The minimum absolute atomic E-state index is 0.00181. The van der Waals surface area contributed by atoms with Gasteiger partial charge in [-0.25, -0.2) is 4.98 Å². The number of fused-ring (bicyclic) bond motifs is 1. The molecule has 2 aromatic heterocycles. The SMILES string of the molecule is COC(=O)Cc1nc2nccc(-c3ccccc3Cl)n2n1. The number of rotatable bonds is 3. The van der Waals surface area contributed by atoms with Crippen molar-refractivity contribution in [2.45, 2.75) is 6.42 Å². The second-order valence-electron chi connectivity index (χ2n) is 4.30. The quantitative estimate of drug-likeness (QED) is 0.693.